The third kappa shape index (κ3) is 1.63. The number of fused-ring (bicyclic) bond motifs is 1. The maximum atomic E-state index is 11.6. The SMILES string of the molecule is COC(=O)C1=CO[C@@H](C)[C@@H]2C(CO)=CC[C@H]12.[HH]. The summed E-state index contributed by atoms with van der Waals surface area (Å²) in [5.41, 5.74) is 1.54. The van der Waals surface area contributed by atoms with Crippen LogP contribution in [-0.4, -0.2) is 30.9 Å². The molecule has 0 radical (unpaired) electrons. The van der Waals surface area contributed by atoms with E-state index in [1.54, 1.807) is 0 Å². The van der Waals surface area contributed by atoms with E-state index in [1.807, 2.05) is 13.0 Å². The number of hydrogen-bond donors (Lipinski definition) is 1. The fraction of sp³-hybridized carbons (Fsp3) is 0.583. The first-order valence-corrected chi connectivity index (χ1v) is 5.42. The molecule has 90 valence electrons. The molecule has 0 aromatic rings. The van der Waals surface area contributed by atoms with Crippen LogP contribution in [0.1, 0.15) is 14.8 Å². The summed E-state index contributed by atoms with van der Waals surface area (Å²) < 4.78 is 10.2. The van der Waals surface area contributed by atoms with Crippen LogP contribution in [0.25, 0.3) is 0 Å². The van der Waals surface area contributed by atoms with Crippen molar-refractivity contribution in [3.8, 4) is 0 Å². The van der Waals surface area contributed by atoms with Crippen molar-refractivity contribution in [3.05, 3.63) is 23.5 Å². The average molecular weight is 226 g/mol. The molecule has 4 nitrogen and oxygen atoms in total. The predicted molar refractivity (Wildman–Crippen MR) is 59.5 cm³/mol. The van der Waals surface area contributed by atoms with Gasteiger partial charge in [-0.15, -0.1) is 0 Å². The molecule has 0 aromatic heterocycles. The number of carbonyl (C=O) groups excluding carboxylic acids is 1. The highest BCUT2D eigenvalue weighted by Crippen LogP contribution is 2.42. The first kappa shape index (κ1) is 11.2. The monoisotopic (exact) mass is 226 g/mol. The van der Waals surface area contributed by atoms with Crippen molar-refractivity contribution in [1.29, 1.82) is 0 Å². The van der Waals surface area contributed by atoms with E-state index in [1.165, 1.54) is 13.4 Å². The first-order chi connectivity index (χ1) is 7.69. The molecule has 1 aliphatic carbocycles. The molecular formula is C12H18O4. The van der Waals surface area contributed by atoms with Gasteiger partial charge in [-0.1, -0.05) is 6.08 Å². The van der Waals surface area contributed by atoms with Gasteiger partial charge in [0.1, 0.15) is 6.10 Å². The highest BCUT2D eigenvalue weighted by atomic mass is 16.5. The smallest absolute Gasteiger partial charge is 0.337 e. The molecular weight excluding hydrogens is 208 g/mol. The van der Waals surface area contributed by atoms with Gasteiger partial charge in [0.2, 0.25) is 0 Å². The predicted octanol–water partition coefficient (Wildman–Crippen LogP) is 1.26. The topological polar surface area (TPSA) is 55.8 Å². The lowest BCUT2D eigenvalue weighted by Gasteiger charge is -2.32. The number of carbonyl (C=O) groups is 1. The standard InChI is InChI=1S/C12H16O4.H2/c1-7-11-8(5-13)3-4-9(11)10(6-16-7)12(14)15-2;/h3,6-7,9,11,13H,4-5H2,1-2H3;1H/t7-,9+,11+;/m0./s1. The zero-order valence-electron chi connectivity index (χ0n) is 9.47. The number of hydrogen-bond acceptors (Lipinski definition) is 4. The average Bonchev–Trinajstić information content (AvgIpc) is 2.73. The summed E-state index contributed by atoms with van der Waals surface area (Å²) in [5.74, 6) is -0.142. The summed E-state index contributed by atoms with van der Waals surface area (Å²) in [6.07, 6.45) is 4.28. The quantitative estimate of drug-likeness (QED) is 0.569. The summed E-state index contributed by atoms with van der Waals surface area (Å²) in [7, 11) is 1.37. The number of methoxy groups -OCH3 is 1. The maximum absolute atomic E-state index is 11.6. The maximum Gasteiger partial charge on any atom is 0.337 e. The van der Waals surface area contributed by atoms with Gasteiger partial charge in [0.15, 0.2) is 0 Å². The summed E-state index contributed by atoms with van der Waals surface area (Å²) in [5, 5.41) is 9.25. The fourth-order valence-electron chi connectivity index (χ4n) is 2.61. The molecule has 0 bridgehead atoms. The van der Waals surface area contributed by atoms with E-state index in [9.17, 15) is 9.90 Å². The van der Waals surface area contributed by atoms with Gasteiger partial charge in [-0.05, 0) is 18.9 Å². The highest BCUT2D eigenvalue weighted by Gasteiger charge is 2.41. The minimum absolute atomic E-state index is 0. The number of aliphatic hydroxyl groups excluding tert-OH is 1. The number of aliphatic hydroxyl groups is 1. The van der Waals surface area contributed by atoms with Gasteiger partial charge >= 0.3 is 5.97 Å². The van der Waals surface area contributed by atoms with E-state index < -0.39 is 0 Å². The lowest BCUT2D eigenvalue weighted by molar-refractivity contribution is -0.137. The van der Waals surface area contributed by atoms with Crippen LogP contribution in [0.4, 0.5) is 0 Å². The minimum atomic E-state index is -0.338. The zero-order valence-corrected chi connectivity index (χ0v) is 9.47. The Labute approximate surface area is 96.0 Å². The van der Waals surface area contributed by atoms with Crippen molar-refractivity contribution in [2.45, 2.75) is 19.4 Å². The summed E-state index contributed by atoms with van der Waals surface area (Å²) in [4.78, 5) is 11.6. The van der Waals surface area contributed by atoms with Gasteiger partial charge in [0.05, 0.1) is 25.6 Å². The lowest BCUT2D eigenvalue weighted by atomic mass is 9.81. The molecule has 3 atom stereocenters. The Morgan fingerprint density at radius 3 is 3.12 bits per heavy atom. The fourth-order valence-corrected chi connectivity index (χ4v) is 2.61. The lowest BCUT2D eigenvalue weighted by Crippen LogP contribution is -2.33. The molecule has 16 heavy (non-hydrogen) atoms. The molecule has 1 heterocycles. The Bertz CT molecular complexity index is 362. The molecule has 0 saturated heterocycles. The number of esters is 1. The van der Waals surface area contributed by atoms with Crippen LogP contribution >= 0.6 is 0 Å². The molecule has 1 aliphatic heterocycles. The van der Waals surface area contributed by atoms with Crippen molar-refractivity contribution in [3.63, 3.8) is 0 Å². The summed E-state index contributed by atoms with van der Waals surface area (Å²) in [6, 6.07) is 0. The molecule has 2 aliphatic rings. The van der Waals surface area contributed by atoms with Gasteiger partial charge in [-0.2, -0.15) is 0 Å². The van der Waals surface area contributed by atoms with E-state index in [2.05, 4.69) is 0 Å². The molecule has 2 rings (SSSR count). The number of allylic oxidation sites excluding steroid dienone is 1. The molecule has 1 N–H and O–H groups in total. The third-order valence-corrected chi connectivity index (χ3v) is 3.41. The zero-order chi connectivity index (χ0) is 11.7. The number of rotatable bonds is 2. The van der Waals surface area contributed by atoms with Crippen LogP contribution < -0.4 is 0 Å². The summed E-state index contributed by atoms with van der Waals surface area (Å²) >= 11 is 0. The van der Waals surface area contributed by atoms with Crippen molar-refractivity contribution in [2.75, 3.05) is 13.7 Å². The van der Waals surface area contributed by atoms with Crippen molar-refractivity contribution in [2.24, 2.45) is 11.8 Å². The molecule has 0 aromatic carbocycles. The molecule has 0 saturated carbocycles. The first-order valence-electron chi connectivity index (χ1n) is 5.42. The van der Waals surface area contributed by atoms with Crippen LogP contribution in [0.2, 0.25) is 0 Å². The molecule has 0 unspecified atom stereocenters. The second kappa shape index (κ2) is 4.29. The van der Waals surface area contributed by atoms with Crippen LogP contribution in [0.3, 0.4) is 0 Å². The van der Waals surface area contributed by atoms with Gasteiger partial charge in [0.25, 0.3) is 0 Å². The Hall–Kier alpha value is -1.29. The van der Waals surface area contributed by atoms with Crippen LogP contribution in [0, 0.1) is 11.8 Å². The molecule has 0 spiro atoms. The van der Waals surface area contributed by atoms with E-state index in [-0.39, 0.29) is 31.9 Å². The van der Waals surface area contributed by atoms with E-state index >= 15 is 0 Å². The van der Waals surface area contributed by atoms with Crippen molar-refractivity contribution < 1.29 is 20.8 Å². The Balaban J connectivity index is 0.00000144. The minimum Gasteiger partial charge on any atom is -0.497 e. The van der Waals surface area contributed by atoms with Gasteiger partial charge in [0, 0.05) is 13.3 Å². The largest absolute Gasteiger partial charge is 0.497 e. The van der Waals surface area contributed by atoms with Crippen LogP contribution in [0.5, 0.6) is 0 Å². The van der Waals surface area contributed by atoms with Crippen LogP contribution in [-0.2, 0) is 14.3 Å². The van der Waals surface area contributed by atoms with Crippen molar-refractivity contribution >= 4 is 5.97 Å². The van der Waals surface area contributed by atoms with Gasteiger partial charge in [-0.25, -0.2) is 4.79 Å². The van der Waals surface area contributed by atoms with E-state index in [0.717, 1.165) is 12.0 Å². The van der Waals surface area contributed by atoms with Gasteiger partial charge < -0.3 is 14.6 Å². The second-order valence-corrected chi connectivity index (χ2v) is 4.21. The Morgan fingerprint density at radius 2 is 2.50 bits per heavy atom. The number of ether oxygens (including phenoxy) is 2. The molecule has 4 heteroatoms. The highest BCUT2D eigenvalue weighted by molar-refractivity contribution is 5.89. The second-order valence-electron chi connectivity index (χ2n) is 4.21. The summed E-state index contributed by atoms with van der Waals surface area (Å²) in [6.45, 7) is 1.99. The van der Waals surface area contributed by atoms with Crippen LogP contribution in [0.15, 0.2) is 23.5 Å². The Kier molecular flexibility index (Phi) is 3.01. The van der Waals surface area contributed by atoms with E-state index in [0.29, 0.717) is 5.57 Å². The molecule has 0 fully saturated rings. The Morgan fingerprint density at radius 1 is 1.75 bits per heavy atom. The normalized spacial score (nSPS) is 32.3. The van der Waals surface area contributed by atoms with Gasteiger partial charge in [-0.3, -0.25) is 0 Å². The third-order valence-electron chi connectivity index (χ3n) is 3.41. The van der Waals surface area contributed by atoms with E-state index in [4.69, 9.17) is 9.47 Å². The molecule has 0 amide bonds. The van der Waals surface area contributed by atoms with Crippen molar-refractivity contribution in [1.82, 2.24) is 0 Å².